The maximum Gasteiger partial charge on any atom is 0.141 e. The van der Waals surface area contributed by atoms with Gasteiger partial charge in [0.05, 0.1) is 5.56 Å². The fourth-order valence-corrected chi connectivity index (χ4v) is 1.89. The van der Waals surface area contributed by atoms with E-state index in [1.807, 2.05) is 19.9 Å². The molecule has 1 aromatic rings. The molecule has 0 aliphatic carbocycles. The molecule has 1 heterocycles. The Kier molecular flexibility index (Phi) is 1.96. The fourth-order valence-electron chi connectivity index (χ4n) is 1.89. The number of fused-ring (bicyclic) bond motifs is 1. The van der Waals surface area contributed by atoms with E-state index in [2.05, 4.69) is 19.1 Å². The van der Waals surface area contributed by atoms with E-state index in [1.165, 1.54) is 5.56 Å². The van der Waals surface area contributed by atoms with Crippen molar-refractivity contribution in [1.82, 2.24) is 0 Å². The molecule has 0 radical (unpaired) electrons. The van der Waals surface area contributed by atoms with Gasteiger partial charge in [0.25, 0.3) is 0 Å². The highest BCUT2D eigenvalue weighted by atomic mass is 16.5. The number of rotatable bonds is 0. The van der Waals surface area contributed by atoms with E-state index in [0.717, 1.165) is 11.3 Å². The topological polar surface area (TPSA) is 33.0 Å². The van der Waals surface area contributed by atoms with Crippen molar-refractivity contribution in [3.8, 4) is 11.8 Å². The number of benzene rings is 1. The zero-order valence-electron chi connectivity index (χ0n) is 8.66. The smallest absolute Gasteiger partial charge is 0.141 e. The first kappa shape index (κ1) is 9.08. The molecule has 0 amide bonds. The number of hydrogen-bond acceptors (Lipinski definition) is 2. The van der Waals surface area contributed by atoms with Crippen LogP contribution in [-0.2, 0) is 0 Å². The zero-order valence-corrected chi connectivity index (χ0v) is 8.66. The number of aryl methyl sites for hydroxylation is 1. The van der Waals surface area contributed by atoms with E-state index < -0.39 is 0 Å². The molecule has 2 atom stereocenters. The van der Waals surface area contributed by atoms with Crippen LogP contribution in [-0.4, -0.2) is 6.10 Å². The summed E-state index contributed by atoms with van der Waals surface area (Å²) < 4.78 is 5.67. The highest BCUT2D eigenvalue weighted by Gasteiger charge is 2.29. The summed E-state index contributed by atoms with van der Waals surface area (Å²) in [4.78, 5) is 0. The molecule has 2 heteroatoms. The van der Waals surface area contributed by atoms with Crippen LogP contribution in [0, 0.1) is 18.3 Å². The summed E-state index contributed by atoms with van der Waals surface area (Å²) in [5.74, 6) is 1.18. The Morgan fingerprint density at radius 1 is 1.36 bits per heavy atom. The van der Waals surface area contributed by atoms with Crippen LogP contribution in [0.15, 0.2) is 12.1 Å². The molecule has 0 saturated heterocycles. The highest BCUT2D eigenvalue weighted by Crippen LogP contribution is 2.40. The van der Waals surface area contributed by atoms with Crippen LogP contribution < -0.4 is 4.74 Å². The third-order valence-corrected chi connectivity index (χ3v) is 2.88. The van der Waals surface area contributed by atoms with Crippen molar-refractivity contribution >= 4 is 0 Å². The first-order valence-corrected chi connectivity index (χ1v) is 4.84. The van der Waals surface area contributed by atoms with Gasteiger partial charge >= 0.3 is 0 Å². The van der Waals surface area contributed by atoms with Crippen LogP contribution in [0.1, 0.15) is 36.5 Å². The molecule has 1 aliphatic heterocycles. The van der Waals surface area contributed by atoms with Gasteiger partial charge in [-0.05, 0) is 25.5 Å². The minimum atomic E-state index is 0.180. The minimum absolute atomic E-state index is 0.180. The average Bonchev–Trinajstić information content (AvgIpc) is 2.43. The summed E-state index contributed by atoms with van der Waals surface area (Å²) in [7, 11) is 0. The third-order valence-electron chi connectivity index (χ3n) is 2.88. The van der Waals surface area contributed by atoms with Gasteiger partial charge in [-0.2, -0.15) is 5.26 Å². The van der Waals surface area contributed by atoms with E-state index in [0.29, 0.717) is 11.5 Å². The SMILES string of the molecule is Cc1cc(C#N)c2c(c1)C(C)C(C)O2. The molecule has 0 aromatic heterocycles. The van der Waals surface area contributed by atoms with Gasteiger partial charge in [-0.1, -0.05) is 13.0 Å². The molecule has 2 rings (SSSR count). The quantitative estimate of drug-likeness (QED) is 0.625. The lowest BCUT2D eigenvalue weighted by Gasteiger charge is -2.07. The second-order valence-electron chi connectivity index (χ2n) is 3.95. The Hall–Kier alpha value is -1.49. The molecule has 14 heavy (non-hydrogen) atoms. The predicted octanol–water partition coefficient (Wildman–Crippen LogP) is 2.75. The first-order chi connectivity index (χ1) is 6.63. The molecule has 0 spiro atoms. The van der Waals surface area contributed by atoms with Gasteiger partial charge in [0.15, 0.2) is 0 Å². The van der Waals surface area contributed by atoms with Crippen molar-refractivity contribution in [3.05, 3.63) is 28.8 Å². The lowest BCUT2D eigenvalue weighted by atomic mass is 9.95. The van der Waals surface area contributed by atoms with Gasteiger partial charge in [0.1, 0.15) is 17.9 Å². The van der Waals surface area contributed by atoms with E-state index in [4.69, 9.17) is 10.00 Å². The maximum absolute atomic E-state index is 8.97. The van der Waals surface area contributed by atoms with Crippen LogP contribution in [0.5, 0.6) is 5.75 Å². The predicted molar refractivity (Wildman–Crippen MR) is 54.4 cm³/mol. The number of nitriles is 1. The summed E-state index contributed by atoms with van der Waals surface area (Å²) in [6.07, 6.45) is 0.180. The van der Waals surface area contributed by atoms with E-state index in [-0.39, 0.29) is 6.10 Å². The van der Waals surface area contributed by atoms with Crippen LogP contribution in [0.2, 0.25) is 0 Å². The molecule has 1 aromatic carbocycles. The molecular weight excluding hydrogens is 174 g/mol. The normalized spacial score (nSPS) is 23.9. The van der Waals surface area contributed by atoms with E-state index in [1.54, 1.807) is 0 Å². The Labute approximate surface area is 84.1 Å². The molecule has 2 nitrogen and oxygen atoms in total. The Balaban J connectivity index is 2.62. The molecule has 0 bridgehead atoms. The minimum Gasteiger partial charge on any atom is -0.488 e. The van der Waals surface area contributed by atoms with Gasteiger partial charge in [-0.15, -0.1) is 0 Å². The van der Waals surface area contributed by atoms with Crippen molar-refractivity contribution in [2.24, 2.45) is 0 Å². The number of hydrogen-bond donors (Lipinski definition) is 0. The monoisotopic (exact) mass is 187 g/mol. The highest BCUT2D eigenvalue weighted by molar-refractivity contribution is 5.54. The van der Waals surface area contributed by atoms with E-state index >= 15 is 0 Å². The zero-order chi connectivity index (χ0) is 10.3. The summed E-state index contributed by atoms with van der Waals surface area (Å²) >= 11 is 0. The van der Waals surface area contributed by atoms with Crippen molar-refractivity contribution in [2.75, 3.05) is 0 Å². The molecule has 1 aliphatic rings. The average molecular weight is 187 g/mol. The van der Waals surface area contributed by atoms with E-state index in [9.17, 15) is 0 Å². The van der Waals surface area contributed by atoms with Crippen LogP contribution in [0.4, 0.5) is 0 Å². The van der Waals surface area contributed by atoms with Gasteiger partial charge < -0.3 is 4.74 Å². The number of nitrogens with zero attached hydrogens (tertiary/aromatic N) is 1. The summed E-state index contributed by atoms with van der Waals surface area (Å²) in [6.45, 7) is 6.19. The van der Waals surface area contributed by atoms with Crippen LogP contribution in [0.25, 0.3) is 0 Å². The second-order valence-corrected chi connectivity index (χ2v) is 3.95. The number of ether oxygens (including phenoxy) is 1. The maximum atomic E-state index is 8.97. The summed E-state index contributed by atoms with van der Waals surface area (Å²) in [5.41, 5.74) is 2.97. The molecule has 0 N–H and O–H groups in total. The molecular formula is C12H13NO. The molecule has 2 unspecified atom stereocenters. The Bertz CT molecular complexity index is 417. The van der Waals surface area contributed by atoms with Gasteiger partial charge in [-0.25, -0.2) is 0 Å². The van der Waals surface area contributed by atoms with Crippen molar-refractivity contribution in [2.45, 2.75) is 32.8 Å². The van der Waals surface area contributed by atoms with Crippen molar-refractivity contribution in [1.29, 1.82) is 5.26 Å². The fraction of sp³-hybridized carbons (Fsp3) is 0.417. The second kappa shape index (κ2) is 3.02. The van der Waals surface area contributed by atoms with Crippen LogP contribution in [0.3, 0.4) is 0 Å². The lowest BCUT2D eigenvalue weighted by Crippen LogP contribution is -2.10. The summed E-state index contributed by atoms with van der Waals surface area (Å²) in [5, 5.41) is 8.97. The largest absolute Gasteiger partial charge is 0.488 e. The molecule has 72 valence electrons. The van der Waals surface area contributed by atoms with Gasteiger partial charge in [0.2, 0.25) is 0 Å². The first-order valence-electron chi connectivity index (χ1n) is 4.84. The van der Waals surface area contributed by atoms with Crippen molar-refractivity contribution < 1.29 is 4.74 Å². The third kappa shape index (κ3) is 1.17. The van der Waals surface area contributed by atoms with Gasteiger partial charge in [-0.3, -0.25) is 0 Å². The molecule has 0 saturated carbocycles. The molecule has 0 fully saturated rings. The summed E-state index contributed by atoms with van der Waals surface area (Å²) in [6, 6.07) is 6.18. The Morgan fingerprint density at radius 2 is 2.07 bits per heavy atom. The standard InChI is InChI=1S/C12H13NO/c1-7-4-10(6-13)12-11(5-7)8(2)9(3)14-12/h4-5,8-9H,1-3H3. The van der Waals surface area contributed by atoms with Gasteiger partial charge in [0, 0.05) is 11.5 Å². The lowest BCUT2D eigenvalue weighted by molar-refractivity contribution is 0.232. The van der Waals surface area contributed by atoms with Crippen LogP contribution >= 0.6 is 0 Å². The van der Waals surface area contributed by atoms with Crippen molar-refractivity contribution in [3.63, 3.8) is 0 Å². The Morgan fingerprint density at radius 3 is 2.71 bits per heavy atom.